The normalized spacial score (nSPS) is 11.3. The fourth-order valence-corrected chi connectivity index (χ4v) is 4.51. The molecule has 5 aromatic rings. The number of para-hydroxylation sites is 1. The molecule has 0 saturated carbocycles. The van der Waals surface area contributed by atoms with Crippen molar-refractivity contribution in [2.75, 3.05) is 21.3 Å². The minimum absolute atomic E-state index is 0.244. The van der Waals surface area contributed by atoms with Crippen molar-refractivity contribution < 1.29 is 23.4 Å². The van der Waals surface area contributed by atoms with Crippen LogP contribution in [0.5, 0.6) is 17.2 Å². The summed E-state index contributed by atoms with van der Waals surface area (Å²) in [5, 5.41) is 4.86. The molecule has 1 N–H and O–H groups in total. The van der Waals surface area contributed by atoms with Crippen LogP contribution in [0.1, 0.15) is 11.3 Å². The van der Waals surface area contributed by atoms with Crippen LogP contribution in [0.25, 0.3) is 33.6 Å². The molecule has 0 aliphatic heterocycles. The number of carbonyl (C=O) groups is 1. The van der Waals surface area contributed by atoms with Gasteiger partial charge in [0.2, 0.25) is 11.7 Å². The first kappa shape index (κ1) is 24.8. The zero-order chi connectivity index (χ0) is 26.6. The number of methoxy groups -OCH3 is 3. The zero-order valence-electron chi connectivity index (χ0n) is 21.2. The highest BCUT2D eigenvalue weighted by Crippen LogP contribution is 2.38. The van der Waals surface area contributed by atoms with Crippen LogP contribution in [-0.2, 0) is 11.3 Å². The highest BCUT2D eigenvalue weighted by Gasteiger charge is 2.14. The molecule has 192 valence electrons. The number of aromatic nitrogens is 2. The average molecular weight is 512 g/mol. The summed E-state index contributed by atoms with van der Waals surface area (Å²) in [6.45, 7) is 0.244. The molecule has 0 spiro atoms. The number of hydrogen-bond donors (Lipinski definition) is 1. The van der Waals surface area contributed by atoms with E-state index in [0.717, 1.165) is 33.1 Å². The predicted molar refractivity (Wildman–Crippen MR) is 146 cm³/mol. The molecule has 5 rings (SSSR count). The quantitative estimate of drug-likeness (QED) is 0.272. The van der Waals surface area contributed by atoms with Gasteiger partial charge in [0.1, 0.15) is 5.82 Å². The molecule has 0 atom stereocenters. The number of fused-ring (bicyclic) bond motifs is 3. The van der Waals surface area contributed by atoms with Crippen molar-refractivity contribution in [1.82, 2.24) is 14.9 Å². The van der Waals surface area contributed by atoms with E-state index in [2.05, 4.69) is 10.3 Å². The molecule has 0 aliphatic carbocycles. The Balaban J connectivity index is 1.38. The monoisotopic (exact) mass is 511 g/mol. The molecule has 2 heterocycles. The van der Waals surface area contributed by atoms with Gasteiger partial charge in [0, 0.05) is 22.5 Å². The minimum Gasteiger partial charge on any atom is -0.493 e. The maximum atomic E-state index is 14.0. The minimum atomic E-state index is -0.305. The molecule has 0 unspecified atom stereocenters. The molecule has 38 heavy (non-hydrogen) atoms. The largest absolute Gasteiger partial charge is 0.493 e. The molecule has 8 heteroatoms. The Morgan fingerprint density at radius 3 is 2.39 bits per heavy atom. The molecule has 0 saturated heterocycles. The second kappa shape index (κ2) is 10.6. The van der Waals surface area contributed by atoms with Gasteiger partial charge >= 0.3 is 0 Å². The summed E-state index contributed by atoms with van der Waals surface area (Å²) in [5.41, 5.74) is 3.95. The molecule has 2 aromatic heterocycles. The number of halogens is 1. The van der Waals surface area contributed by atoms with Crippen LogP contribution in [0.4, 0.5) is 4.39 Å². The first-order valence-electron chi connectivity index (χ1n) is 11.9. The van der Waals surface area contributed by atoms with Crippen molar-refractivity contribution in [1.29, 1.82) is 0 Å². The van der Waals surface area contributed by atoms with Crippen LogP contribution >= 0.6 is 0 Å². The Hall–Kier alpha value is -4.85. The molecule has 0 aliphatic rings. The van der Waals surface area contributed by atoms with Gasteiger partial charge in [0.05, 0.1) is 50.8 Å². The molecular weight excluding hydrogens is 485 g/mol. The lowest BCUT2D eigenvalue weighted by molar-refractivity contribution is -0.116. The van der Waals surface area contributed by atoms with Gasteiger partial charge < -0.3 is 24.1 Å². The van der Waals surface area contributed by atoms with Gasteiger partial charge in [-0.2, -0.15) is 0 Å². The summed E-state index contributed by atoms with van der Waals surface area (Å²) in [5.74, 6) is 0.906. The fraction of sp³-hybridized carbons (Fsp3) is 0.133. The van der Waals surface area contributed by atoms with Gasteiger partial charge in [-0.05, 0) is 54.1 Å². The molecule has 0 fully saturated rings. The predicted octanol–water partition coefficient (Wildman–Crippen LogP) is 5.67. The molecule has 7 nitrogen and oxygen atoms in total. The van der Waals surface area contributed by atoms with Crippen molar-refractivity contribution in [2.45, 2.75) is 6.54 Å². The number of amides is 1. The summed E-state index contributed by atoms with van der Waals surface area (Å²) in [4.78, 5) is 17.1. The summed E-state index contributed by atoms with van der Waals surface area (Å²) in [6, 6.07) is 19.9. The molecule has 0 radical (unpaired) electrons. The summed E-state index contributed by atoms with van der Waals surface area (Å²) < 4.78 is 32.0. The van der Waals surface area contributed by atoms with Gasteiger partial charge in [-0.25, -0.2) is 4.39 Å². The number of hydrogen-bond acceptors (Lipinski definition) is 5. The highest BCUT2D eigenvalue weighted by molar-refractivity contribution is 6.09. The molecular formula is C30H26FN3O4. The van der Waals surface area contributed by atoms with Gasteiger partial charge in [-0.1, -0.05) is 24.3 Å². The third-order valence-electron chi connectivity index (χ3n) is 6.24. The number of carbonyl (C=O) groups excluding carboxylic acids is 1. The van der Waals surface area contributed by atoms with Crippen molar-refractivity contribution in [2.24, 2.45) is 0 Å². The first-order valence-corrected chi connectivity index (χ1v) is 11.9. The number of pyridine rings is 1. The van der Waals surface area contributed by atoms with Crippen molar-refractivity contribution in [3.63, 3.8) is 0 Å². The second-order valence-electron chi connectivity index (χ2n) is 8.54. The third-order valence-corrected chi connectivity index (χ3v) is 6.24. The Kier molecular flexibility index (Phi) is 6.95. The van der Waals surface area contributed by atoms with E-state index in [0.29, 0.717) is 22.9 Å². The maximum Gasteiger partial charge on any atom is 0.244 e. The SMILES string of the molecule is COc1cc(/C=C/C(=O)NCc2cc3c4ccccc4n(-c4cccc(F)c4)c3cn2)cc(OC)c1OC. The van der Waals surface area contributed by atoms with Gasteiger partial charge in [-0.15, -0.1) is 0 Å². The first-order chi connectivity index (χ1) is 18.5. The second-order valence-corrected chi connectivity index (χ2v) is 8.54. The van der Waals surface area contributed by atoms with E-state index in [4.69, 9.17) is 14.2 Å². The molecule has 1 amide bonds. The molecule has 0 bridgehead atoms. The van der Waals surface area contributed by atoms with Gasteiger partial charge in [-0.3, -0.25) is 9.78 Å². The summed E-state index contributed by atoms with van der Waals surface area (Å²) in [6.07, 6.45) is 4.87. The van der Waals surface area contributed by atoms with Crippen molar-refractivity contribution >= 4 is 33.8 Å². The van der Waals surface area contributed by atoms with Crippen LogP contribution in [-0.4, -0.2) is 36.8 Å². The van der Waals surface area contributed by atoms with E-state index in [1.807, 2.05) is 41.0 Å². The van der Waals surface area contributed by atoms with E-state index in [9.17, 15) is 9.18 Å². The van der Waals surface area contributed by atoms with Crippen LogP contribution in [0, 0.1) is 5.82 Å². The average Bonchev–Trinajstić information content (AvgIpc) is 3.28. The van der Waals surface area contributed by atoms with Crippen LogP contribution in [0.2, 0.25) is 0 Å². The van der Waals surface area contributed by atoms with E-state index >= 15 is 0 Å². The van der Waals surface area contributed by atoms with E-state index in [1.54, 1.807) is 30.5 Å². The number of benzene rings is 3. The standard InChI is InChI=1S/C30H26FN3O4/c1-36-27-13-19(14-28(37-2)30(27)38-3)11-12-29(35)33-17-21-16-24-23-9-4-5-10-25(23)34(26(24)18-32-21)22-8-6-7-20(31)15-22/h4-16,18H,17H2,1-3H3,(H,33,35)/b12-11+. The zero-order valence-corrected chi connectivity index (χ0v) is 21.2. The number of nitrogens with zero attached hydrogens (tertiary/aromatic N) is 2. The maximum absolute atomic E-state index is 14.0. The van der Waals surface area contributed by atoms with E-state index in [-0.39, 0.29) is 18.3 Å². The Bertz CT molecular complexity index is 1650. The fourth-order valence-electron chi connectivity index (χ4n) is 4.51. The van der Waals surface area contributed by atoms with Crippen LogP contribution in [0.15, 0.2) is 79.0 Å². The Morgan fingerprint density at radius 2 is 1.68 bits per heavy atom. The number of rotatable bonds is 8. The van der Waals surface area contributed by atoms with Gasteiger partial charge in [0.15, 0.2) is 11.5 Å². The van der Waals surface area contributed by atoms with Crippen molar-refractivity contribution in [3.8, 4) is 22.9 Å². The van der Waals surface area contributed by atoms with E-state index < -0.39 is 0 Å². The lowest BCUT2D eigenvalue weighted by Crippen LogP contribution is -2.20. The van der Waals surface area contributed by atoms with Crippen LogP contribution in [0.3, 0.4) is 0 Å². The van der Waals surface area contributed by atoms with Crippen molar-refractivity contribution in [3.05, 3.63) is 96.1 Å². The van der Waals surface area contributed by atoms with E-state index in [1.165, 1.54) is 39.5 Å². The lowest BCUT2D eigenvalue weighted by atomic mass is 10.1. The summed E-state index contributed by atoms with van der Waals surface area (Å²) in [7, 11) is 4.61. The Labute approximate surface area is 219 Å². The van der Waals surface area contributed by atoms with Gasteiger partial charge in [0.25, 0.3) is 0 Å². The number of ether oxygens (including phenoxy) is 3. The summed E-state index contributed by atoms with van der Waals surface area (Å²) >= 11 is 0. The Morgan fingerprint density at radius 1 is 0.921 bits per heavy atom. The topological polar surface area (TPSA) is 74.6 Å². The third kappa shape index (κ3) is 4.76. The smallest absolute Gasteiger partial charge is 0.244 e. The molecule has 3 aromatic carbocycles. The van der Waals surface area contributed by atoms with Crippen LogP contribution < -0.4 is 19.5 Å². The lowest BCUT2D eigenvalue weighted by Gasteiger charge is -2.12. The number of nitrogens with one attached hydrogen (secondary N) is 1. The highest BCUT2D eigenvalue weighted by atomic mass is 19.1.